The summed E-state index contributed by atoms with van der Waals surface area (Å²) in [5.41, 5.74) is 0.136. The van der Waals surface area contributed by atoms with E-state index in [1.807, 2.05) is 0 Å². The molecule has 0 aliphatic carbocycles. The highest BCUT2D eigenvalue weighted by Gasteiger charge is 2.47. The second-order valence-corrected chi connectivity index (χ2v) is 10.3. The third-order valence-electron chi connectivity index (χ3n) is 6.30. The molecule has 3 aliphatic heterocycles. The molecule has 10 heteroatoms. The lowest BCUT2D eigenvalue weighted by Gasteiger charge is -2.44. The van der Waals surface area contributed by atoms with Crippen LogP contribution >= 0.6 is 0 Å². The van der Waals surface area contributed by atoms with Crippen LogP contribution in [0, 0.1) is 0 Å². The summed E-state index contributed by atoms with van der Waals surface area (Å²) in [6.45, 7) is 3.81. The standard InChI is InChI=1S/C21H31N3O6S/c1-28-19-6-8-23(16-21(19)7-3-11-30-21)15-20(25)22-17-4-2-5-18(14-17)31(26,27)24-9-12-29-13-10-24/h2,4-5,14,19H,3,6-13,15-16H2,1H3,(H,22,25)/t19-,21-/m0/s1. The molecular weight excluding hydrogens is 422 g/mol. The molecule has 0 aromatic heterocycles. The van der Waals surface area contributed by atoms with Crippen LogP contribution in [-0.2, 0) is 29.0 Å². The molecule has 4 rings (SSSR count). The molecule has 0 bridgehead atoms. The maximum atomic E-state index is 12.9. The molecule has 2 atom stereocenters. The largest absolute Gasteiger partial charge is 0.379 e. The molecule has 0 radical (unpaired) electrons. The van der Waals surface area contributed by atoms with Gasteiger partial charge in [0.1, 0.15) is 5.60 Å². The predicted molar refractivity (Wildman–Crippen MR) is 114 cm³/mol. The molecule has 1 N–H and O–H groups in total. The van der Waals surface area contributed by atoms with Gasteiger partial charge in [0.25, 0.3) is 0 Å². The minimum absolute atomic E-state index is 0.0522. The zero-order valence-electron chi connectivity index (χ0n) is 17.9. The molecule has 1 amide bonds. The highest BCUT2D eigenvalue weighted by atomic mass is 32.2. The van der Waals surface area contributed by atoms with Crippen LogP contribution in [0.1, 0.15) is 19.3 Å². The van der Waals surface area contributed by atoms with Crippen molar-refractivity contribution >= 4 is 21.6 Å². The second-order valence-electron chi connectivity index (χ2n) is 8.33. The Labute approximate surface area is 183 Å². The van der Waals surface area contributed by atoms with Gasteiger partial charge in [-0.3, -0.25) is 9.69 Å². The molecule has 0 unspecified atom stereocenters. The maximum Gasteiger partial charge on any atom is 0.243 e. The van der Waals surface area contributed by atoms with Crippen molar-refractivity contribution in [3.63, 3.8) is 0 Å². The number of carbonyl (C=O) groups is 1. The Morgan fingerprint density at radius 2 is 2.06 bits per heavy atom. The topological polar surface area (TPSA) is 97.4 Å². The average molecular weight is 454 g/mol. The third-order valence-corrected chi connectivity index (χ3v) is 8.19. The summed E-state index contributed by atoms with van der Waals surface area (Å²) < 4.78 is 44.1. The number of carbonyl (C=O) groups excluding carboxylic acids is 1. The normalized spacial score (nSPS) is 28.1. The van der Waals surface area contributed by atoms with Gasteiger partial charge in [-0.15, -0.1) is 0 Å². The number of hydrogen-bond donors (Lipinski definition) is 1. The number of likely N-dealkylation sites (tertiary alicyclic amines) is 1. The summed E-state index contributed by atoms with van der Waals surface area (Å²) in [7, 11) is -1.89. The molecule has 3 heterocycles. The first-order valence-electron chi connectivity index (χ1n) is 10.8. The molecule has 9 nitrogen and oxygen atoms in total. The van der Waals surface area contributed by atoms with Crippen molar-refractivity contribution in [1.82, 2.24) is 9.21 Å². The number of nitrogens with zero attached hydrogens (tertiary/aromatic N) is 2. The monoisotopic (exact) mass is 453 g/mol. The van der Waals surface area contributed by atoms with E-state index >= 15 is 0 Å². The summed E-state index contributed by atoms with van der Waals surface area (Å²) in [5.74, 6) is -0.176. The fourth-order valence-electron chi connectivity index (χ4n) is 4.76. The number of benzene rings is 1. The van der Waals surface area contributed by atoms with Crippen LogP contribution < -0.4 is 5.32 Å². The van der Waals surface area contributed by atoms with Crippen LogP contribution in [0.3, 0.4) is 0 Å². The Kier molecular flexibility index (Phi) is 6.95. The average Bonchev–Trinajstić information content (AvgIpc) is 3.23. The van der Waals surface area contributed by atoms with Gasteiger partial charge < -0.3 is 19.5 Å². The molecule has 1 aromatic carbocycles. The van der Waals surface area contributed by atoms with Crippen molar-refractivity contribution in [2.24, 2.45) is 0 Å². The van der Waals surface area contributed by atoms with Gasteiger partial charge in [0.05, 0.1) is 30.8 Å². The van der Waals surface area contributed by atoms with E-state index in [0.29, 0.717) is 38.5 Å². The molecule has 1 spiro atoms. The van der Waals surface area contributed by atoms with Gasteiger partial charge in [-0.2, -0.15) is 4.31 Å². The summed E-state index contributed by atoms with van der Waals surface area (Å²) in [6, 6.07) is 6.42. The van der Waals surface area contributed by atoms with E-state index < -0.39 is 10.0 Å². The van der Waals surface area contributed by atoms with Crippen LogP contribution in [0.15, 0.2) is 29.2 Å². The maximum absolute atomic E-state index is 12.9. The van der Waals surface area contributed by atoms with Gasteiger partial charge in [-0.25, -0.2) is 8.42 Å². The van der Waals surface area contributed by atoms with E-state index in [-0.39, 0.29) is 29.1 Å². The summed E-state index contributed by atoms with van der Waals surface area (Å²) >= 11 is 0. The number of hydrogen-bond acceptors (Lipinski definition) is 7. The number of methoxy groups -OCH3 is 1. The van der Waals surface area contributed by atoms with Gasteiger partial charge in [-0.1, -0.05) is 6.07 Å². The van der Waals surface area contributed by atoms with Crippen molar-refractivity contribution in [1.29, 1.82) is 0 Å². The molecule has 3 aliphatic rings. The van der Waals surface area contributed by atoms with Crippen molar-refractivity contribution in [3.8, 4) is 0 Å². The van der Waals surface area contributed by atoms with E-state index in [1.165, 1.54) is 10.4 Å². The zero-order chi connectivity index (χ0) is 21.9. The van der Waals surface area contributed by atoms with Crippen molar-refractivity contribution < 1.29 is 27.4 Å². The van der Waals surface area contributed by atoms with Gasteiger partial charge >= 0.3 is 0 Å². The second kappa shape index (κ2) is 9.51. The lowest BCUT2D eigenvalue weighted by atomic mass is 9.87. The number of anilines is 1. The van der Waals surface area contributed by atoms with Crippen molar-refractivity contribution in [3.05, 3.63) is 24.3 Å². The quantitative estimate of drug-likeness (QED) is 0.684. The Hall–Kier alpha value is -1.56. The SMILES string of the molecule is CO[C@H]1CCN(CC(=O)Nc2cccc(S(=O)(=O)N3CCOCC3)c2)C[C@@]12CCCO2. The number of sulfonamides is 1. The number of ether oxygens (including phenoxy) is 3. The first kappa shape index (κ1) is 22.6. The first-order valence-corrected chi connectivity index (χ1v) is 12.2. The first-order chi connectivity index (χ1) is 14.9. The van der Waals surface area contributed by atoms with E-state index in [4.69, 9.17) is 14.2 Å². The molecule has 0 saturated carbocycles. The van der Waals surface area contributed by atoms with E-state index in [9.17, 15) is 13.2 Å². The van der Waals surface area contributed by atoms with E-state index in [1.54, 1.807) is 25.3 Å². The van der Waals surface area contributed by atoms with Crippen LogP contribution in [-0.4, -0.2) is 94.9 Å². The van der Waals surface area contributed by atoms with Gasteiger partial charge in [-0.05, 0) is 37.5 Å². The number of morpholine rings is 1. The van der Waals surface area contributed by atoms with Crippen LogP contribution in [0.25, 0.3) is 0 Å². The minimum Gasteiger partial charge on any atom is -0.379 e. The molecular formula is C21H31N3O6S. The molecule has 1 aromatic rings. The Morgan fingerprint density at radius 3 is 2.77 bits per heavy atom. The van der Waals surface area contributed by atoms with Gasteiger partial charge in [0.2, 0.25) is 15.9 Å². The Balaban J connectivity index is 1.38. The summed E-state index contributed by atoms with van der Waals surface area (Å²) in [5, 5.41) is 2.85. The molecule has 172 valence electrons. The van der Waals surface area contributed by atoms with Crippen LogP contribution in [0.4, 0.5) is 5.69 Å². The minimum atomic E-state index is -3.61. The lowest BCUT2D eigenvalue weighted by molar-refractivity contribution is -0.146. The molecule has 3 fully saturated rings. The van der Waals surface area contributed by atoms with Gasteiger partial charge in [0.15, 0.2) is 0 Å². The zero-order valence-corrected chi connectivity index (χ0v) is 18.7. The predicted octanol–water partition coefficient (Wildman–Crippen LogP) is 0.916. The van der Waals surface area contributed by atoms with Gasteiger partial charge in [0, 0.05) is 45.6 Å². The Morgan fingerprint density at radius 1 is 1.26 bits per heavy atom. The highest BCUT2D eigenvalue weighted by Crippen LogP contribution is 2.36. The lowest BCUT2D eigenvalue weighted by Crippen LogP contribution is -2.58. The number of nitrogens with one attached hydrogen (secondary N) is 1. The van der Waals surface area contributed by atoms with Crippen LogP contribution in [0.2, 0.25) is 0 Å². The summed E-state index contributed by atoms with van der Waals surface area (Å²) in [6.07, 6.45) is 2.81. The third kappa shape index (κ3) is 4.94. The van der Waals surface area contributed by atoms with E-state index in [2.05, 4.69) is 10.2 Å². The number of rotatable bonds is 6. The smallest absolute Gasteiger partial charge is 0.243 e. The fourth-order valence-corrected chi connectivity index (χ4v) is 6.22. The highest BCUT2D eigenvalue weighted by molar-refractivity contribution is 7.89. The van der Waals surface area contributed by atoms with Crippen molar-refractivity contribution in [2.45, 2.75) is 35.9 Å². The van der Waals surface area contributed by atoms with E-state index in [0.717, 1.165) is 32.4 Å². The molecule has 31 heavy (non-hydrogen) atoms. The summed E-state index contributed by atoms with van der Waals surface area (Å²) in [4.78, 5) is 15.0. The number of amides is 1. The van der Waals surface area contributed by atoms with Crippen molar-refractivity contribution in [2.75, 3.05) is 65.0 Å². The molecule has 3 saturated heterocycles. The Bertz CT molecular complexity index is 881. The van der Waals surface area contributed by atoms with Crippen LogP contribution in [0.5, 0.6) is 0 Å². The fraction of sp³-hybridized carbons (Fsp3) is 0.667. The number of piperidine rings is 1.